The summed E-state index contributed by atoms with van der Waals surface area (Å²) in [5.41, 5.74) is -0.276. The van der Waals surface area contributed by atoms with Gasteiger partial charge in [-0.2, -0.15) is 13.2 Å². The number of halogens is 3. The molecule has 4 nitrogen and oxygen atoms in total. The highest BCUT2D eigenvalue weighted by molar-refractivity contribution is 5.54. The van der Waals surface area contributed by atoms with Crippen LogP contribution in [-0.2, 0) is 6.18 Å². The van der Waals surface area contributed by atoms with Gasteiger partial charge in [-0.1, -0.05) is 5.10 Å². The van der Waals surface area contributed by atoms with Gasteiger partial charge >= 0.3 is 12.2 Å². The zero-order valence-corrected chi connectivity index (χ0v) is 8.75. The van der Waals surface area contributed by atoms with Crippen LogP contribution in [0.15, 0.2) is 28.7 Å². The third kappa shape index (κ3) is 2.38. The maximum absolute atomic E-state index is 12.3. The lowest BCUT2D eigenvalue weighted by Gasteiger charge is -2.05. The fourth-order valence-electron chi connectivity index (χ4n) is 1.24. The largest absolute Gasteiger partial charge is 0.416 e. The topological polar surface area (TPSA) is 51.0 Å². The molecule has 0 radical (unpaired) electrons. The highest BCUT2D eigenvalue weighted by Gasteiger charge is 2.30. The van der Waals surface area contributed by atoms with Crippen LogP contribution in [0.3, 0.4) is 0 Å². The first-order chi connectivity index (χ1) is 8.00. The van der Waals surface area contributed by atoms with E-state index in [2.05, 4.69) is 15.5 Å². The number of alkyl halides is 3. The molecule has 2 aromatic rings. The Morgan fingerprint density at radius 1 is 1.12 bits per heavy atom. The molecule has 1 heterocycles. The summed E-state index contributed by atoms with van der Waals surface area (Å²) in [5, 5.41) is 9.95. The molecule has 0 unspecified atom stereocenters. The maximum Gasteiger partial charge on any atom is 0.416 e. The monoisotopic (exact) mass is 243 g/mol. The van der Waals surface area contributed by atoms with E-state index in [4.69, 9.17) is 4.42 Å². The van der Waals surface area contributed by atoms with E-state index in [1.807, 2.05) is 0 Å². The molecular weight excluding hydrogens is 235 g/mol. The Morgan fingerprint density at radius 2 is 1.76 bits per heavy atom. The lowest BCUT2D eigenvalue weighted by molar-refractivity contribution is -0.137. The van der Waals surface area contributed by atoms with Crippen molar-refractivity contribution >= 4 is 6.01 Å². The van der Waals surface area contributed by atoms with Crippen molar-refractivity contribution in [1.29, 1.82) is 0 Å². The summed E-state index contributed by atoms with van der Waals surface area (Å²) in [4.78, 5) is 0. The zero-order valence-electron chi connectivity index (χ0n) is 8.75. The van der Waals surface area contributed by atoms with Crippen LogP contribution in [0, 0.1) is 0 Å². The third-order valence-corrected chi connectivity index (χ3v) is 2.10. The zero-order chi connectivity index (χ0) is 12.5. The van der Waals surface area contributed by atoms with E-state index in [1.54, 1.807) is 7.05 Å². The number of aromatic nitrogens is 2. The van der Waals surface area contributed by atoms with Gasteiger partial charge in [-0.25, -0.2) is 0 Å². The van der Waals surface area contributed by atoms with Crippen LogP contribution in [0.2, 0.25) is 0 Å². The van der Waals surface area contributed by atoms with E-state index in [1.165, 1.54) is 12.1 Å². The molecule has 0 saturated heterocycles. The summed E-state index contributed by atoms with van der Waals surface area (Å²) in [6.07, 6.45) is -4.34. The molecule has 0 fully saturated rings. The minimum absolute atomic E-state index is 0.170. The Balaban J connectivity index is 2.29. The van der Waals surface area contributed by atoms with E-state index in [9.17, 15) is 13.2 Å². The number of anilines is 1. The molecule has 1 N–H and O–H groups in total. The Kier molecular flexibility index (Phi) is 2.74. The van der Waals surface area contributed by atoms with Gasteiger partial charge in [0.05, 0.1) is 5.56 Å². The average Bonchev–Trinajstić information content (AvgIpc) is 2.76. The van der Waals surface area contributed by atoms with Crippen LogP contribution in [0.25, 0.3) is 11.5 Å². The van der Waals surface area contributed by atoms with Crippen molar-refractivity contribution in [2.45, 2.75) is 6.18 Å². The molecule has 90 valence electrons. The molecule has 0 bridgehead atoms. The molecule has 1 aromatic carbocycles. The van der Waals surface area contributed by atoms with Crippen molar-refractivity contribution in [3.8, 4) is 11.5 Å². The number of benzene rings is 1. The molecule has 17 heavy (non-hydrogen) atoms. The summed E-state index contributed by atoms with van der Waals surface area (Å²) in [6.45, 7) is 0. The van der Waals surface area contributed by atoms with E-state index < -0.39 is 11.7 Å². The standard InChI is InChI=1S/C10H8F3N3O/c1-14-9-16-15-8(17-9)6-2-4-7(5-3-6)10(11,12)13/h2-5H,1H3,(H,14,16). The van der Waals surface area contributed by atoms with Gasteiger partial charge in [0.15, 0.2) is 0 Å². The number of rotatable bonds is 2. The second kappa shape index (κ2) is 4.08. The van der Waals surface area contributed by atoms with Crippen LogP contribution in [0.4, 0.5) is 19.2 Å². The molecule has 2 rings (SSSR count). The lowest BCUT2D eigenvalue weighted by atomic mass is 10.1. The van der Waals surface area contributed by atoms with E-state index in [0.717, 1.165) is 12.1 Å². The molecule has 1 aromatic heterocycles. The van der Waals surface area contributed by atoms with Gasteiger partial charge in [-0.3, -0.25) is 0 Å². The summed E-state index contributed by atoms with van der Waals surface area (Å²) in [6, 6.07) is 4.72. The summed E-state index contributed by atoms with van der Waals surface area (Å²) in [7, 11) is 1.60. The molecule has 0 spiro atoms. The first-order valence-electron chi connectivity index (χ1n) is 4.69. The first-order valence-corrected chi connectivity index (χ1v) is 4.69. The van der Waals surface area contributed by atoms with Crippen LogP contribution in [0.1, 0.15) is 5.56 Å². The fourth-order valence-corrected chi connectivity index (χ4v) is 1.24. The molecule has 0 amide bonds. The third-order valence-electron chi connectivity index (χ3n) is 2.10. The number of nitrogens with one attached hydrogen (secondary N) is 1. The van der Waals surface area contributed by atoms with Gasteiger partial charge in [0.1, 0.15) is 0 Å². The van der Waals surface area contributed by atoms with E-state index >= 15 is 0 Å². The second-order valence-electron chi connectivity index (χ2n) is 3.24. The molecule has 0 aliphatic carbocycles. The number of hydrogen-bond donors (Lipinski definition) is 1. The van der Waals surface area contributed by atoms with Crippen molar-refractivity contribution in [2.24, 2.45) is 0 Å². The van der Waals surface area contributed by atoms with Crippen LogP contribution in [-0.4, -0.2) is 17.2 Å². The fraction of sp³-hybridized carbons (Fsp3) is 0.200. The van der Waals surface area contributed by atoms with Crippen molar-refractivity contribution in [3.05, 3.63) is 29.8 Å². The molecule has 0 aliphatic rings. The lowest BCUT2D eigenvalue weighted by Crippen LogP contribution is -2.03. The van der Waals surface area contributed by atoms with Gasteiger partial charge in [0.25, 0.3) is 0 Å². The second-order valence-corrected chi connectivity index (χ2v) is 3.24. The van der Waals surface area contributed by atoms with Gasteiger partial charge < -0.3 is 9.73 Å². The quantitative estimate of drug-likeness (QED) is 0.881. The Hall–Kier alpha value is -2.05. The van der Waals surface area contributed by atoms with Gasteiger partial charge in [0, 0.05) is 12.6 Å². The number of hydrogen-bond acceptors (Lipinski definition) is 4. The van der Waals surface area contributed by atoms with Gasteiger partial charge in [-0.15, -0.1) is 5.10 Å². The van der Waals surface area contributed by atoms with Gasteiger partial charge in [-0.05, 0) is 24.3 Å². The molecule has 0 atom stereocenters. The Labute approximate surface area is 94.5 Å². The van der Waals surface area contributed by atoms with E-state index in [0.29, 0.717) is 5.56 Å². The smallest absolute Gasteiger partial charge is 0.403 e. The molecule has 0 saturated carbocycles. The highest BCUT2D eigenvalue weighted by Crippen LogP contribution is 2.30. The van der Waals surface area contributed by atoms with Crippen LogP contribution in [0.5, 0.6) is 0 Å². The Bertz CT molecular complexity index is 504. The predicted octanol–water partition coefficient (Wildman–Crippen LogP) is 2.80. The minimum Gasteiger partial charge on any atom is -0.403 e. The summed E-state index contributed by atoms with van der Waals surface area (Å²) in [5.74, 6) is 0.170. The van der Waals surface area contributed by atoms with Crippen molar-refractivity contribution < 1.29 is 17.6 Å². The van der Waals surface area contributed by atoms with Crippen molar-refractivity contribution in [3.63, 3.8) is 0 Å². The maximum atomic E-state index is 12.3. The van der Waals surface area contributed by atoms with Crippen molar-refractivity contribution in [1.82, 2.24) is 10.2 Å². The van der Waals surface area contributed by atoms with Gasteiger partial charge in [0.2, 0.25) is 5.89 Å². The minimum atomic E-state index is -4.34. The summed E-state index contributed by atoms with van der Waals surface area (Å²) < 4.78 is 42.1. The number of nitrogens with zero attached hydrogens (tertiary/aromatic N) is 2. The SMILES string of the molecule is CNc1nnc(-c2ccc(C(F)(F)F)cc2)o1. The van der Waals surface area contributed by atoms with Crippen LogP contribution < -0.4 is 5.32 Å². The first kappa shape index (κ1) is 11.4. The van der Waals surface area contributed by atoms with Crippen LogP contribution >= 0.6 is 0 Å². The average molecular weight is 243 g/mol. The summed E-state index contributed by atoms with van der Waals surface area (Å²) >= 11 is 0. The molecule has 7 heteroatoms. The molecular formula is C10H8F3N3O. The van der Waals surface area contributed by atoms with Crippen molar-refractivity contribution in [2.75, 3.05) is 12.4 Å². The predicted molar refractivity (Wildman–Crippen MR) is 54.3 cm³/mol. The Morgan fingerprint density at radius 3 is 2.24 bits per heavy atom. The highest BCUT2D eigenvalue weighted by atomic mass is 19.4. The molecule has 0 aliphatic heterocycles. The van der Waals surface area contributed by atoms with E-state index in [-0.39, 0.29) is 11.9 Å². The normalized spacial score (nSPS) is 11.5.